The second kappa shape index (κ2) is 8.27. The molecule has 1 unspecified atom stereocenters. The second-order valence-corrected chi connectivity index (χ2v) is 5.44. The van der Waals surface area contributed by atoms with Crippen LogP contribution in [-0.4, -0.2) is 31.8 Å². The number of benzene rings is 1. The summed E-state index contributed by atoms with van der Waals surface area (Å²) < 4.78 is 10.6. The van der Waals surface area contributed by atoms with Crippen molar-refractivity contribution in [1.29, 1.82) is 0 Å². The Balaban J connectivity index is 2.55. The number of nitrogens with one attached hydrogen (secondary N) is 1. The molecule has 1 N–H and O–H groups in total. The van der Waals surface area contributed by atoms with Crippen LogP contribution in [0, 0.1) is 0 Å². The average Bonchev–Trinajstić information content (AvgIpc) is 2.42. The van der Waals surface area contributed by atoms with Gasteiger partial charge in [-0.15, -0.1) is 0 Å². The molecule has 0 heterocycles. The Bertz CT molecular complexity index is 358. The first-order valence-electron chi connectivity index (χ1n) is 6.23. The molecule has 0 aliphatic heterocycles. The molecular formula is C14H23NO2S. The molecular weight excluding hydrogens is 246 g/mol. The van der Waals surface area contributed by atoms with E-state index in [1.54, 1.807) is 14.2 Å². The third-order valence-electron chi connectivity index (χ3n) is 2.71. The summed E-state index contributed by atoms with van der Waals surface area (Å²) in [6, 6.07) is 6.43. The lowest BCUT2D eigenvalue weighted by molar-refractivity contribution is 0.389. The number of rotatable bonds is 8. The van der Waals surface area contributed by atoms with Gasteiger partial charge in [0.2, 0.25) is 0 Å². The molecule has 0 aromatic heterocycles. The van der Waals surface area contributed by atoms with Gasteiger partial charge in [-0.1, -0.05) is 13.0 Å². The summed E-state index contributed by atoms with van der Waals surface area (Å²) in [6.45, 7) is 5.21. The molecule has 18 heavy (non-hydrogen) atoms. The Morgan fingerprint density at radius 1 is 1.28 bits per heavy atom. The molecule has 0 saturated heterocycles. The van der Waals surface area contributed by atoms with Gasteiger partial charge in [-0.05, 0) is 18.7 Å². The summed E-state index contributed by atoms with van der Waals surface area (Å²) in [5.41, 5.74) is 1.16. The Morgan fingerprint density at radius 3 is 2.67 bits per heavy atom. The van der Waals surface area contributed by atoms with E-state index in [-0.39, 0.29) is 0 Å². The van der Waals surface area contributed by atoms with Crippen LogP contribution in [-0.2, 0) is 6.54 Å². The van der Waals surface area contributed by atoms with Gasteiger partial charge in [0.15, 0.2) is 0 Å². The highest BCUT2D eigenvalue weighted by atomic mass is 32.2. The van der Waals surface area contributed by atoms with E-state index < -0.39 is 0 Å². The van der Waals surface area contributed by atoms with Crippen molar-refractivity contribution in [3.05, 3.63) is 23.8 Å². The van der Waals surface area contributed by atoms with Crippen LogP contribution in [0.5, 0.6) is 11.5 Å². The van der Waals surface area contributed by atoms with Crippen LogP contribution in [0.25, 0.3) is 0 Å². The predicted octanol–water partition coefficient (Wildman–Crippen LogP) is 2.94. The van der Waals surface area contributed by atoms with Crippen LogP contribution < -0.4 is 14.8 Å². The van der Waals surface area contributed by atoms with E-state index in [1.165, 1.54) is 0 Å². The minimum absolute atomic E-state index is 0.502. The molecule has 1 rings (SSSR count). The van der Waals surface area contributed by atoms with Crippen LogP contribution in [0.15, 0.2) is 18.2 Å². The van der Waals surface area contributed by atoms with Crippen molar-refractivity contribution >= 4 is 11.8 Å². The third kappa shape index (κ3) is 4.78. The topological polar surface area (TPSA) is 30.5 Å². The molecule has 1 atom stereocenters. The molecule has 4 heteroatoms. The Hall–Kier alpha value is -0.870. The van der Waals surface area contributed by atoms with Crippen molar-refractivity contribution in [2.24, 2.45) is 0 Å². The molecule has 0 aliphatic rings. The normalized spacial score (nSPS) is 12.2. The number of hydrogen-bond acceptors (Lipinski definition) is 4. The maximum atomic E-state index is 5.38. The Labute approximate surface area is 114 Å². The van der Waals surface area contributed by atoms with Crippen LogP contribution in [0.2, 0.25) is 0 Å². The number of hydrogen-bond donors (Lipinski definition) is 1. The van der Waals surface area contributed by atoms with Crippen molar-refractivity contribution in [3.8, 4) is 11.5 Å². The van der Waals surface area contributed by atoms with E-state index in [0.717, 1.165) is 35.1 Å². The van der Waals surface area contributed by atoms with E-state index in [9.17, 15) is 0 Å². The first-order chi connectivity index (χ1) is 8.71. The summed E-state index contributed by atoms with van der Waals surface area (Å²) in [5.74, 6) is 4.00. The Morgan fingerprint density at radius 2 is 2.06 bits per heavy atom. The number of ether oxygens (including phenoxy) is 2. The van der Waals surface area contributed by atoms with E-state index in [4.69, 9.17) is 9.47 Å². The fourth-order valence-corrected chi connectivity index (χ4v) is 2.34. The van der Waals surface area contributed by atoms with E-state index in [0.29, 0.717) is 6.04 Å². The van der Waals surface area contributed by atoms with Gasteiger partial charge < -0.3 is 14.8 Å². The van der Waals surface area contributed by atoms with Gasteiger partial charge in [0.05, 0.1) is 14.2 Å². The van der Waals surface area contributed by atoms with Crippen LogP contribution in [0.3, 0.4) is 0 Å². The third-order valence-corrected chi connectivity index (χ3v) is 3.85. The van der Waals surface area contributed by atoms with Crippen LogP contribution in [0.1, 0.15) is 19.4 Å². The van der Waals surface area contributed by atoms with E-state index in [1.807, 2.05) is 30.0 Å². The first kappa shape index (κ1) is 15.2. The second-order valence-electron chi connectivity index (χ2n) is 4.12. The zero-order chi connectivity index (χ0) is 13.4. The van der Waals surface area contributed by atoms with Gasteiger partial charge in [-0.3, -0.25) is 0 Å². The molecule has 0 bridgehead atoms. The molecule has 102 valence electrons. The molecule has 1 aromatic carbocycles. The lowest BCUT2D eigenvalue weighted by atomic mass is 10.2. The van der Waals surface area contributed by atoms with Crippen molar-refractivity contribution in [3.63, 3.8) is 0 Å². The van der Waals surface area contributed by atoms with Crippen molar-refractivity contribution in [1.82, 2.24) is 5.32 Å². The molecule has 0 aliphatic carbocycles. The number of methoxy groups -OCH3 is 2. The maximum absolute atomic E-state index is 5.38. The summed E-state index contributed by atoms with van der Waals surface area (Å²) in [4.78, 5) is 0. The monoisotopic (exact) mass is 269 g/mol. The zero-order valence-corrected chi connectivity index (χ0v) is 12.5. The zero-order valence-electron chi connectivity index (χ0n) is 11.7. The quantitative estimate of drug-likeness (QED) is 0.786. The standard InChI is InChI=1S/C14H23NO2S/c1-5-18-10-11(2)15-9-12-6-7-13(16-3)8-14(12)17-4/h6-8,11,15H,5,9-10H2,1-4H3. The summed E-state index contributed by atoms with van der Waals surface area (Å²) in [7, 11) is 3.35. The minimum atomic E-state index is 0.502. The highest BCUT2D eigenvalue weighted by molar-refractivity contribution is 7.99. The molecule has 0 fully saturated rings. The Kier molecular flexibility index (Phi) is 6.98. The summed E-state index contributed by atoms with van der Waals surface area (Å²) in [6.07, 6.45) is 0. The van der Waals surface area contributed by atoms with E-state index >= 15 is 0 Å². The van der Waals surface area contributed by atoms with Crippen LogP contribution in [0.4, 0.5) is 0 Å². The summed E-state index contributed by atoms with van der Waals surface area (Å²) >= 11 is 1.95. The molecule has 0 amide bonds. The first-order valence-corrected chi connectivity index (χ1v) is 7.38. The molecule has 1 aromatic rings. The largest absolute Gasteiger partial charge is 0.497 e. The van der Waals surface area contributed by atoms with Gasteiger partial charge in [-0.25, -0.2) is 0 Å². The van der Waals surface area contributed by atoms with Crippen LogP contribution >= 0.6 is 11.8 Å². The van der Waals surface area contributed by atoms with Gasteiger partial charge in [0.1, 0.15) is 11.5 Å². The van der Waals surface area contributed by atoms with E-state index in [2.05, 4.69) is 19.2 Å². The maximum Gasteiger partial charge on any atom is 0.127 e. The number of thioether (sulfide) groups is 1. The lowest BCUT2D eigenvalue weighted by Gasteiger charge is -2.15. The summed E-state index contributed by atoms with van der Waals surface area (Å²) in [5, 5.41) is 3.50. The minimum Gasteiger partial charge on any atom is -0.497 e. The predicted molar refractivity (Wildman–Crippen MR) is 78.8 cm³/mol. The smallest absolute Gasteiger partial charge is 0.127 e. The van der Waals surface area contributed by atoms with Crippen molar-refractivity contribution < 1.29 is 9.47 Å². The fraction of sp³-hybridized carbons (Fsp3) is 0.571. The molecule has 0 radical (unpaired) electrons. The van der Waals surface area contributed by atoms with Gasteiger partial charge in [-0.2, -0.15) is 11.8 Å². The molecule has 3 nitrogen and oxygen atoms in total. The van der Waals surface area contributed by atoms with Gasteiger partial charge >= 0.3 is 0 Å². The SMILES string of the molecule is CCSCC(C)NCc1ccc(OC)cc1OC. The lowest BCUT2D eigenvalue weighted by Crippen LogP contribution is -2.27. The average molecular weight is 269 g/mol. The fourth-order valence-electron chi connectivity index (χ4n) is 1.64. The van der Waals surface area contributed by atoms with Gasteiger partial charge in [0, 0.05) is 30.0 Å². The van der Waals surface area contributed by atoms with Gasteiger partial charge in [0.25, 0.3) is 0 Å². The highest BCUT2D eigenvalue weighted by Gasteiger charge is 2.07. The molecule has 0 spiro atoms. The van der Waals surface area contributed by atoms with Crippen molar-refractivity contribution in [2.75, 3.05) is 25.7 Å². The highest BCUT2D eigenvalue weighted by Crippen LogP contribution is 2.24. The van der Waals surface area contributed by atoms with Crippen molar-refractivity contribution in [2.45, 2.75) is 26.4 Å². The molecule has 0 saturated carbocycles.